The van der Waals surface area contributed by atoms with Gasteiger partial charge in [-0.3, -0.25) is 4.79 Å². The van der Waals surface area contributed by atoms with Crippen molar-refractivity contribution in [1.29, 1.82) is 0 Å². The average molecular weight is 303 g/mol. The number of carbonyl (C=O) groups excluding carboxylic acids is 1. The smallest absolute Gasteiger partial charge is 0.224 e. The number of methoxy groups -OCH3 is 1. The Morgan fingerprint density at radius 1 is 1.23 bits per heavy atom. The Balaban J connectivity index is 1.92. The van der Waals surface area contributed by atoms with Gasteiger partial charge in [0.15, 0.2) is 0 Å². The molecule has 0 saturated carbocycles. The summed E-state index contributed by atoms with van der Waals surface area (Å²) >= 11 is 0. The first kappa shape index (κ1) is 16.0. The van der Waals surface area contributed by atoms with Gasteiger partial charge in [0.05, 0.1) is 20.1 Å². The lowest BCUT2D eigenvalue weighted by Gasteiger charge is -2.08. The topological polar surface area (TPSA) is 58.6 Å². The molecule has 2 aromatic carbocycles. The predicted molar refractivity (Wildman–Crippen MR) is 80.9 cm³/mol. The first-order valence-electron chi connectivity index (χ1n) is 6.90. The molecule has 116 valence electrons. The standard InChI is InChI=1S/C17H18FNO3/c1-22-15-4-2-3-12(8-15)9-17(21)19-10-13-5-6-16(18)14(7-13)11-20/h2-8,20H,9-11H2,1H3,(H,19,21). The molecule has 5 heteroatoms. The van der Waals surface area contributed by atoms with Crippen LogP contribution in [0.15, 0.2) is 42.5 Å². The van der Waals surface area contributed by atoms with Gasteiger partial charge in [0.1, 0.15) is 11.6 Å². The highest BCUT2D eigenvalue weighted by Gasteiger charge is 2.06. The van der Waals surface area contributed by atoms with Crippen molar-refractivity contribution in [2.45, 2.75) is 19.6 Å². The number of hydrogen-bond donors (Lipinski definition) is 2. The molecule has 0 aliphatic rings. The summed E-state index contributed by atoms with van der Waals surface area (Å²) in [7, 11) is 1.58. The molecular weight excluding hydrogens is 285 g/mol. The van der Waals surface area contributed by atoms with Gasteiger partial charge in [0.25, 0.3) is 0 Å². The number of amides is 1. The Kier molecular flexibility index (Phi) is 5.49. The lowest BCUT2D eigenvalue weighted by atomic mass is 10.1. The van der Waals surface area contributed by atoms with Gasteiger partial charge >= 0.3 is 0 Å². The van der Waals surface area contributed by atoms with Gasteiger partial charge in [0, 0.05) is 12.1 Å². The fraction of sp³-hybridized carbons (Fsp3) is 0.235. The van der Waals surface area contributed by atoms with Gasteiger partial charge in [0.2, 0.25) is 5.91 Å². The molecule has 22 heavy (non-hydrogen) atoms. The van der Waals surface area contributed by atoms with Crippen molar-refractivity contribution >= 4 is 5.91 Å². The summed E-state index contributed by atoms with van der Waals surface area (Å²) in [6, 6.07) is 11.7. The Morgan fingerprint density at radius 2 is 2.05 bits per heavy atom. The number of nitrogens with one attached hydrogen (secondary N) is 1. The Hall–Kier alpha value is -2.40. The fourth-order valence-corrected chi connectivity index (χ4v) is 2.09. The van der Waals surface area contributed by atoms with E-state index in [1.807, 2.05) is 18.2 Å². The van der Waals surface area contributed by atoms with Crippen LogP contribution in [0.1, 0.15) is 16.7 Å². The van der Waals surface area contributed by atoms with Crippen molar-refractivity contribution in [2.24, 2.45) is 0 Å². The van der Waals surface area contributed by atoms with Gasteiger partial charge in [-0.1, -0.05) is 18.2 Å². The third kappa shape index (κ3) is 4.30. The predicted octanol–water partition coefficient (Wildman–Crippen LogP) is 2.19. The van der Waals surface area contributed by atoms with Crippen molar-refractivity contribution < 1.29 is 19.0 Å². The molecule has 0 unspecified atom stereocenters. The molecule has 0 aromatic heterocycles. The largest absolute Gasteiger partial charge is 0.497 e. The molecule has 4 nitrogen and oxygen atoms in total. The van der Waals surface area contributed by atoms with E-state index in [0.717, 1.165) is 11.1 Å². The van der Waals surface area contributed by atoms with Crippen LogP contribution in [-0.4, -0.2) is 18.1 Å². The highest BCUT2D eigenvalue weighted by molar-refractivity contribution is 5.78. The second-order valence-corrected chi connectivity index (χ2v) is 4.89. The highest BCUT2D eigenvalue weighted by Crippen LogP contribution is 2.13. The monoisotopic (exact) mass is 303 g/mol. The van der Waals surface area contributed by atoms with Crippen molar-refractivity contribution in [1.82, 2.24) is 5.32 Å². The van der Waals surface area contributed by atoms with E-state index < -0.39 is 5.82 Å². The first-order valence-corrected chi connectivity index (χ1v) is 6.90. The molecule has 0 atom stereocenters. The number of hydrogen-bond acceptors (Lipinski definition) is 3. The fourth-order valence-electron chi connectivity index (χ4n) is 2.09. The van der Waals surface area contributed by atoms with Crippen LogP contribution in [0.25, 0.3) is 0 Å². The van der Waals surface area contributed by atoms with Crippen LogP contribution in [0.4, 0.5) is 4.39 Å². The maximum atomic E-state index is 13.3. The van der Waals surface area contributed by atoms with E-state index in [1.54, 1.807) is 25.3 Å². The third-order valence-corrected chi connectivity index (χ3v) is 3.27. The zero-order valence-electron chi connectivity index (χ0n) is 12.3. The van der Waals surface area contributed by atoms with E-state index in [1.165, 1.54) is 6.07 Å². The molecule has 0 fully saturated rings. The molecule has 0 spiro atoms. The summed E-state index contributed by atoms with van der Waals surface area (Å²) in [5, 5.41) is 11.8. The van der Waals surface area contributed by atoms with Gasteiger partial charge in [-0.2, -0.15) is 0 Å². The van der Waals surface area contributed by atoms with E-state index in [9.17, 15) is 9.18 Å². The molecule has 2 rings (SSSR count). The van der Waals surface area contributed by atoms with E-state index in [4.69, 9.17) is 9.84 Å². The summed E-state index contributed by atoms with van der Waals surface area (Å²) in [5.74, 6) is 0.119. The van der Waals surface area contributed by atoms with Gasteiger partial charge in [-0.15, -0.1) is 0 Å². The summed E-state index contributed by atoms with van der Waals surface area (Å²) < 4.78 is 18.4. The SMILES string of the molecule is COc1cccc(CC(=O)NCc2ccc(F)c(CO)c2)c1. The number of carbonyl (C=O) groups is 1. The van der Waals surface area contributed by atoms with E-state index in [0.29, 0.717) is 5.75 Å². The van der Waals surface area contributed by atoms with E-state index >= 15 is 0 Å². The van der Waals surface area contributed by atoms with Crippen molar-refractivity contribution in [3.63, 3.8) is 0 Å². The number of ether oxygens (including phenoxy) is 1. The summed E-state index contributed by atoms with van der Waals surface area (Å²) in [5.41, 5.74) is 1.82. The highest BCUT2D eigenvalue weighted by atomic mass is 19.1. The number of benzene rings is 2. The van der Waals surface area contributed by atoms with Gasteiger partial charge in [-0.25, -0.2) is 4.39 Å². The zero-order valence-corrected chi connectivity index (χ0v) is 12.3. The van der Waals surface area contributed by atoms with Crippen LogP contribution in [0.2, 0.25) is 0 Å². The number of halogens is 1. The molecule has 2 N–H and O–H groups in total. The minimum Gasteiger partial charge on any atom is -0.497 e. The Labute approximate surface area is 128 Å². The van der Waals surface area contributed by atoms with Crippen molar-refractivity contribution in [3.05, 3.63) is 65.0 Å². The maximum Gasteiger partial charge on any atom is 0.224 e. The van der Waals surface area contributed by atoms with Crippen LogP contribution in [0.3, 0.4) is 0 Å². The molecule has 0 saturated heterocycles. The van der Waals surface area contributed by atoms with Gasteiger partial charge in [-0.05, 0) is 35.4 Å². The molecule has 1 amide bonds. The molecular formula is C17H18FNO3. The number of aliphatic hydroxyl groups excluding tert-OH is 1. The Morgan fingerprint density at radius 3 is 2.77 bits per heavy atom. The number of aliphatic hydroxyl groups is 1. The van der Waals surface area contributed by atoms with E-state index in [2.05, 4.69) is 5.32 Å². The van der Waals surface area contributed by atoms with Crippen LogP contribution in [0, 0.1) is 5.82 Å². The second-order valence-electron chi connectivity index (χ2n) is 4.89. The summed E-state index contributed by atoms with van der Waals surface area (Å²) in [6.45, 7) is -0.0759. The minimum atomic E-state index is -0.450. The van der Waals surface area contributed by atoms with Crippen LogP contribution in [0.5, 0.6) is 5.75 Å². The third-order valence-electron chi connectivity index (χ3n) is 3.27. The zero-order chi connectivity index (χ0) is 15.9. The molecule has 2 aromatic rings. The normalized spacial score (nSPS) is 10.3. The molecule has 0 radical (unpaired) electrons. The lowest BCUT2D eigenvalue weighted by Crippen LogP contribution is -2.24. The molecule has 0 bridgehead atoms. The van der Waals surface area contributed by atoms with Crippen LogP contribution < -0.4 is 10.1 Å². The van der Waals surface area contributed by atoms with E-state index in [-0.39, 0.29) is 31.0 Å². The number of rotatable bonds is 6. The van der Waals surface area contributed by atoms with Crippen LogP contribution >= 0.6 is 0 Å². The minimum absolute atomic E-state index is 0.136. The lowest BCUT2D eigenvalue weighted by molar-refractivity contribution is -0.120. The average Bonchev–Trinajstić information content (AvgIpc) is 2.54. The van der Waals surface area contributed by atoms with Crippen molar-refractivity contribution in [2.75, 3.05) is 7.11 Å². The summed E-state index contributed by atoms with van der Waals surface area (Å²) in [6.07, 6.45) is 0.241. The molecule has 0 heterocycles. The molecule has 0 aliphatic carbocycles. The van der Waals surface area contributed by atoms with Crippen molar-refractivity contribution in [3.8, 4) is 5.75 Å². The molecule has 0 aliphatic heterocycles. The quantitative estimate of drug-likeness (QED) is 0.860. The van der Waals surface area contributed by atoms with Crippen LogP contribution in [-0.2, 0) is 24.4 Å². The maximum absolute atomic E-state index is 13.3. The van der Waals surface area contributed by atoms with Gasteiger partial charge < -0.3 is 15.2 Å². The second kappa shape index (κ2) is 7.56. The first-order chi connectivity index (χ1) is 10.6. The Bertz CT molecular complexity index is 658. The summed E-state index contributed by atoms with van der Waals surface area (Å²) in [4.78, 5) is 11.9.